The third kappa shape index (κ3) is 4.86. The van der Waals surface area contributed by atoms with Gasteiger partial charge in [-0.3, -0.25) is 0 Å². The van der Waals surface area contributed by atoms with Crippen molar-refractivity contribution in [2.45, 2.75) is 37.8 Å². The Morgan fingerprint density at radius 2 is 1.71 bits per heavy atom. The van der Waals surface area contributed by atoms with Crippen LogP contribution in [0, 0.1) is 0 Å². The summed E-state index contributed by atoms with van der Waals surface area (Å²) in [5.41, 5.74) is 1.55. The van der Waals surface area contributed by atoms with Crippen LogP contribution < -0.4 is 0 Å². The molecular weight excluding hydrogens is 427 g/mol. The Kier molecular flexibility index (Phi) is 6.93. The first-order chi connectivity index (χ1) is 14.6. The summed E-state index contributed by atoms with van der Waals surface area (Å²) >= 11 is 0. The number of rotatable bonds is 8. The number of fused-ring (bicyclic) bond motifs is 1. The molecule has 1 aliphatic rings. The van der Waals surface area contributed by atoms with Crippen LogP contribution in [-0.4, -0.2) is 44.7 Å². The SMILES string of the molecule is CCN(CCO)CCCc1ccc2c(c1)S(=O)(=O)C(C)=C2c1ccc(C(F)(F)F)cc1. The standard InChI is InChI=1S/C23H26F3NO3S/c1-3-27(13-14-28)12-4-5-17-6-11-20-21(15-17)31(29,30)16(2)22(20)18-7-9-19(10-8-18)23(24,25)26/h6-11,15,28H,3-5,12-14H2,1-2H3. The highest BCUT2D eigenvalue weighted by atomic mass is 32.2. The minimum Gasteiger partial charge on any atom is -0.395 e. The van der Waals surface area contributed by atoms with Gasteiger partial charge in [0.25, 0.3) is 0 Å². The van der Waals surface area contributed by atoms with Gasteiger partial charge in [0.1, 0.15) is 0 Å². The summed E-state index contributed by atoms with van der Waals surface area (Å²) in [6.07, 6.45) is -2.93. The van der Waals surface area contributed by atoms with Crippen LogP contribution in [0.5, 0.6) is 0 Å². The second-order valence-corrected chi connectivity index (χ2v) is 9.66. The molecule has 0 amide bonds. The monoisotopic (exact) mass is 453 g/mol. The molecule has 0 radical (unpaired) electrons. The number of alkyl halides is 3. The molecule has 168 valence electrons. The molecule has 0 atom stereocenters. The average Bonchev–Trinajstić information content (AvgIpc) is 2.92. The van der Waals surface area contributed by atoms with Crippen molar-refractivity contribution in [2.75, 3.05) is 26.2 Å². The van der Waals surface area contributed by atoms with Crippen LogP contribution in [0.2, 0.25) is 0 Å². The van der Waals surface area contributed by atoms with Crippen LogP contribution in [0.15, 0.2) is 52.3 Å². The van der Waals surface area contributed by atoms with Crippen molar-refractivity contribution in [1.29, 1.82) is 0 Å². The summed E-state index contributed by atoms with van der Waals surface area (Å²) in [4.78, 5) is 2.48. The Balaban J connectivity index is 1.86. The van der Waals surface area contributed by atoms with Gasteiger partial charge in [0.2, 0.25) is 9.84 Å². The van der Waals surface area contributed by atoms with Crippen LogP contribution in [0.4, 0.5) is 13.2 Å². The number of hydrogen-bond donors (Lipinski definition) is 1. The van der Waals surface area contributed by atoms with Crippen molar-refractivity contribution in [3.05, 3.63) is 69.6 Å². The van der Waals surface area contributed by atoms with E-state index in [0.29, 0.717) is 29.7 Å². The zero-order valence-corrected chi connectivity index (χ0v) is 18.4. The smallest absolute Gasteiger partial charge is 0.395 e. The number of likely N-dealkylation sites (N-methyl/N-ethyl adjacent to an activating group) is 1. The normalized spacial score (nSPS) is 15.6. The number of aliphatic hydroxyl groups is 1. The van der Waals surface area contributed by atoms with Crippen molar-refractivity contribution in [1.82, 2.24) is 4.90 Å². The van der Waals surface area contributed by atoms with E-state index < -0.39 is 21.6 Å². The maximum atomic E-state index is 13.0. The largest absolute Gasteiger partial charge is 0.416 e. The lowest BCUT2D eigenvalue weighted by molar-refractivity contribution is -0.137. The summed E-state index contributed by atoms with van der Waals surface area (Å²) in [7, 11) is -3.68. The molecule has 0 saturated heterocycles. The molecule has 0 unspecified atom stereocenters. The first-order valence-corrected chi connectivity index (χ1v) is 11.7. The Labute approximate surface area is 180 Å². The Hall–Kier alpha value is -2.16. The maximum absolute atomic E-state index is 13.0. The van der Waals surface area contributed by atoms with Crippen molar-refractivity contribution in [3.63, 3.8) is 0 Å². The fourth-order valence-corrected chi connectivity index (χ4v) is 5.49. The minimum atomic E-state index is -4.44. The summed E-state index contributed by atoms with van der Waals surface area (Å²) in [5, 5.41) is 9.08. The highest BCUT2D eigenvalue weighted by Crippen LogP contribution is 2.43. The molecule has 1 N–H and O–H groups in total. The average molecular weight is 454 g/mol. The van der Waals surface area contributed by atoms with Gasteiger partial charge in [-0.1, -0.05) is 31.2 Å². The molecule has 0 fully saturated rings. The number of allylic oxidation sites excluding steroid dienone is 1. The number of sulfone groups is 1. The van der Waals surface area contributed by atoms with Crippen LogP contribution in [0.1, 0.15) is 42.5 Å². The van der Waals surface area contributed by atoms with E-state index in [1.807, 2.05) is 13.0 Å². The number of aliphatic hydroxyl groups excluding tert-OH is 1. The molecule has 8 heteroatoms. The Morgan fingerprint density at radius 3 is 2.29 bits per heavy atom. The van der Waals surface area contributed by atoms with Crippen LogP contribution >= 0.6 is 0 Å². The van der Waals surface area contributed by atoms with Gasteiger partial charge in [0.15, 0.2) is 0 Å². The van der Waals surface area contributed by atoms with Gasteiger partial charge >= 0.3 is 6.18 Å². The third-order valence-electron chi connectivity index (χ3n) is 5.66. The van der Waals surface area contributed by atoms with E-state index in [4.69, 9.17) is 5.11 Å². The predicted octanol–water partition coefficient (Wildman–Crippen LogP) is 4.52. The number of benzene rings is 2. The zero-order chi connectivity index (χ0) is 22.8. The topological polar surface area (TPSA) is 57.6 Å². The second-order valence-electron chi connectivity index (χ2n) is 7.60. The van der Waals surface area contributed by atoms with E-state index in [1.165, 1.54) is 19.1 Å². The number of hydrogen-bond acceptors (Lipinski definition) is 4. The van der Waals surface area contributed by atoms with Gasteiger partial charge in [-0.25, -0.2) is 8.42 Å². The Morgan fingerprint density at radius 1 is 1.03 bits per heavy atom. The molecule has 3 rings (SSSR count). The molecule has 1 heterocycles. The molecule has 0 aromatic heterocycles. The van der Waals surface area contributed by atoms with Gasteiger partial charge in [0.05, 0.1) is 22.0 Å². The molecule has 0 spiro atoms. The first kappa shape index (κ1) is 23.5. The maximum Gasteiger partial charge on any atom is 0.416 e. The summed E-state index contributed by atoms with van der Waals surface area (Å²) in [5.74, 6) is 0. The fraction of sp³-hybridized carbons (Fsp3) is 0.391. The first-order valence-electron chi connectivity index (χ1n) is 10.2. The lowest BCUT2D eigenvalue weighted by Gasteiger charge is -2.18. The van der Waals surface area contributed by atoms with Gasteiger partial charge in [0, 0.05) is 17.7 Å². The molecular formula is C23H26F3NO3S. The van der Waals surface area contributed by atoms with Crippen molar-refractivity contribution in [2.24, 2.45) is 0 Å². The molecule has 2 aromatic carbocycles. The van der Waals surface area contributed by atoms with Crippen LogP contribution in [-0.2, 0) is 22.4 Å². The van der Waals surface area contributed by atoms with E-state index in [-0.39, 0.29) is 16.4 Å². The molecule has 0 aliphatic carbocycles. The lowest BCUT2D eigenvalue weighted by atomic mass is 9.95. The number of halogens is 3. The van der Waals surface area contributed by atoms with Gasteiger partial charge in [-0.2, -0.15) is 13.2 Å². The van der Waals surface area contributed by atoms with E-state index in [1.54, 1.807) is 12.1 Å². The molecule has 31 heavy (non-hydrogen) atoms. The molecule has 2 aromatic rings. The predicted molar refractivity (Wildman–Crippen MR) is 114 cm³/mol. The van der Waals surface area contributed by atoms with Crippen LogP contribution in [0.3, 0.4) is 0 Å². The highest BCUT2D eigenvalue weighted by Gasteiger charge is 2.34. The van der Waals surface area contributed by atoms with E-state index >= 15 is 0 Å². The number of aryl methyl sites for hydroxylation is 1. The molecule has 0 bridgehead atoms. The molecule has 1 aliphatic heterocycles. The summed E-state index contributed by atoms with van der Waals surface area (Å²) < 4.78 is 64.6. The summed E-state index contributed by atoms with van der Waals surface area (Å²) in [6, 6.07) is 9.88. The lowest BCUT2D eigenvalue weighted by Crippen LogP contribution is -2.27. The van der Waals surface area contributed by atoms with E-state index in [9.17, 15) is 21.6 Å². The second kappa shape index (κ2) is 9.14. The minimum absolute atomic E-state index is 0.0998. The van der Waals surface area contributed by atoms with E-state index in [2.05, 4.69) is 4.90 Å². The van der Waals surface area contributed by atoms with Gasteiger partial charge < -0.3 is 10.0 Å². The summed E-state index contributed by atoms with van der Waals surface area (Å²) in [6.45, 7) is 5.86. The van der Waals surface area contributed by atoms with Crippen molar-refractivity contribution < 1.29 is 26.7 Å². The van der Waals surface area contributed by atoms with Gasteiger partial charge in [-0.15, -0.1) is 0 Å². The highest BCUT2D eigenvalue weighted by molar-refractivity contribution is 7.95. The Bertz CT molecular complexity index is 1070. The number of nitrogens with zero attached hydrogens (tertiary/aromatic N) is 1. The fourth-order valence-electron chi connectivity index (χ4n) is 3.90. The van der Waals surface area contributed by atoms with Crippen LogP contribution in [0.25, 0.3) is 5.57 Å². The molecule has 0 saturated carbocycles. The molecule has 4 nitrogen and oxygen atoms in total. The zero-order valence-electron chi connectivity index (χ0n) is 17.5. The quantitative estimate of drug-likeness (QED) is 0.639. The van der Waals surface area contributed by atoms with E-state index in [0.717, 1.165) is 37.2 Å². The van der Waals surface area contributed by atoms with Crippen molar-refractivity contribution in [3.8, 4) is 0 Å². The van der Waals surface area contributed by atoms with Crippen molar-refractivity contribution >= 4 is 15.4 Å². The van der Waals surface area contributed by atoms with Gasteiger partial charge in [-0.05, 0) is 62.2 Å². The third-order valence-corrected chi connectivity index (χ3v) is 7.59.